The molecule has 0 unspecified atom stereocenters. The highest BCUT2D eigenvalue weighted by atomic mass is 14.8. The lowest BCUT2D eigenvalue weighted by atomic mass is 10.1. The quantitative estimate of drug-likeness (QED) is 0.737. The highest BCUT2D eigenvalue weighted by Gasteiger charge is 1.99. The SMILES string of the molecule is CCNCc1ccnc(C)c1C. The molecule has 0 radical (unpaired) electrons. The molecule has 0 aliphatic carbocycles. The maximum absolute atomic E-state index is 4.22. The van der Waals surface area contributed by atoms with Crippen molar-refractivity contribution >= 4 is 0 Å². The zero-order chi connectivity index (χ0) is 8.97. The molecule has 12 heavy (non-hydrogen) atoms. The lowest BCUT2D eigenvalue weighted by molar-refractivity contribution is 0.721. The molecule has 0 fully saturated rings. The van der Waals surface area contributed by atoms with Gasteiger partial charge in [0.05, 0.1) is 0 Å². The number of hydrogen-bond donors (Lipinski definition) is 1. The summed E-state index contributed by atoms with van der Waals surface area (Å²) >= 11 is 0. The van der Waals surface area contributed by atoms with Gasteiger partial charge in [-0.05, 0) is 37.6 Å². The number of hydrogen-bond acceptors (Lipinski definition) is 2. The van der Waals surface area contributed by atoms with Crippen molar-refractivity contribution in [2.75, 3.05) is 6.54 Å². The van der Waals surface area contributed by atoms with Crippen molar-refractivity contribution < 1.29 is 0 Å². The van der Waals surface area contributed by atoms with Gasteiger partial charge in [-0.25, -0.2) is 0 Å². The largest absolute Gasteiger partial charge is 0.313 e. The minimum absolute atomic E-state index is 0.950. The molecule has 0 atom stereocenters. The van der Waals surface area contributed by atoms with E-state index in [9.17, 15) is 0 Å². The van der Waals surface area contributed by atoms with Gasteiger partial charge in [0, 0.05) is 18.4 Å². The molecule has 1 aromatic heterocycles. The van der Waals surface area contributed by atoms with Crippen LogP contribution in [0.2, 0.25) is 0 Å². The molecule has 0 spiro atoms. The van der Waals surface area contributed by atoms with Gasteiger partial charge in [0.1, 0.15) is 0 Å². The third-order valence-corrected chi connectivity index (χ3v) is 2.13. The number of aryl methyl sites for hydroxylation is 1. The van der Waals surface area contributed by atoms with Gasteiger partial charge in [-0.15, -0.1) is 0 Å². The summed E-state index contributed by atoms with van der Waals surface area (Å²) in [5.74, 6) is 0. The molecular formula is C10H16N2. The van der Waals surface area contributed by atoms with Crippen LogP contribution in [-0.2, 0) is 6.54 Å². The van der Waals surface area contributed by atoms with Crippen LogP contribution in [0.1, 0.15) is 23.7 Å². The number of aromatic nitrogens is 1. The summed E-state index contributed by atoms with van der Waals surface area (Å²) in [5.41, 5.74) is 3.79. The Morgan fingerprint density at radius 1 is 1.42 bits per heavy atom. The van der Waals surface area contributed by atoms with E-state index in [1.807, 2.05) is 13.1 Å². The monoisotopic (exact) mass is 164 g/mol. The minimum atomic E-state index is 0.950. The van der Waals surface area contributed by atoms with Gasteiger partial charge < -0.3 is 5.32 Å². The molecule has 1 heterocycles. The molecular weight excluding hydrogens is 148 g/mol. The molecule has 1 aromatic rings. The Labute approximate surface area is 74.0 Å². The van der Waals surface area contributed by atoms with E-state index in [4.69, 9.17) is 0 Å². The first-order valence-corrected chi connectivity index (χ1v) is 4.37. The van der Waals surface area contributed by atoms with Crippen molar-refractivity contribution in [3.05, 3.63) is 29.1 Å². The summed E-state index contributed by atoms with van der Waals surface area (Å²) in [6, 6.07) is 2.07. The van der Waals surface area contributed by atoms with E-state index >= 15 is 0 Å². The fourth-order valence-electron chi connectivity index (χ4n) is 1.14. The summed E-state index contributed by atoms with van der Waals surface area (Å²) in [6.45, 7) is 8.25. The van der Waals surface area contributed by atoms with Crippen molar-refractivity contribution in [3.8, 4) is 0 Å². The van der Waals surface area contributed by atoms with Crippen LogP contribution in [0.25, 0.3) is 0 Å². The number of nitrogens with one attached hydrogen (secondary N) is 1. The third-order valence-electron chi connectivity index (χ3n) is 2.13. The van der Waals surface area contributed by atoms with Gasteiger partial charge in [-0.1, -0.05) is 6.92 Å². The highest BCUT2D eigenvalue weighted by Crippen LogP contribution is 2.09. The summed E-state index contributed by atoms with van der Waals surface area (Å²) in [7, 11) is 0. The molecule has 2 nitrogen and oxygen atoms in total. The van der Waals surface area contributed by atoms with Crippen LogP contribution < -0.4 is 5.32 Å². The molecule has 0 aromatic carbocycles. The van der Waals surface area contributed by atoms with Crippen LogP contribution in [-0.4, -0.2) is 11.5 Å². The first-order valence-electron chi connectivity index (χ1n) is 4.37. The van der Waals surface area contributed by atoms with E-state index < -0.39 is 0 Å². The Kier molecular flexibility index (Phi) is 3.23. The first kappa shape index (κ1) is 9.20. The van der Waals surface area contributed by atoms with Crippen molar-refractivity contribution in [2.24, 2.45) is 0 Å². The average molecular weight is 164 g/mol. The van der Waals surface area contributed by atoms with Gasteiger partial charge >= 0.3 is 0 Å². The lowest BCUT2D eigenvalue weighted by Gasteiger charge is -2.07. The van der Waals surface area contributed by atoms with Gasteiger partial charge in [-0.2, -0.15) is 0 Å². The molecule has 0 saturated carbocycles. The smallest absolute Gasteiger partial charge is 0.0405 e. The van der Waals surface area contributed by atoms with E-state index in [0.717, 1.165) is 18.8 Å². The van der Waals surface area contributed by atoms with E-state index in [2.05, 4.69) is 30.2 Å². The Bertz CT molecular complexity index is 256. The van der Waals surface area contributed by atoms with E-state index in [1.165, 1.54) is 11.1 Å². The average Bonchev–Trinajstić information content (AvgIpc) is 2.08. The maximum atomic E-state index is 4.22. The van der Waals surface area contributed by atoms with Crippen LogP contribution >= 0.6 is 0 Å². The second-order valence-corrected chi connectivity index (χ2v) is 2.96. The van der Waals surface area contributed by atoms with E-state index in [-0.39, 0.29) is 0 Å². The molecule has 0 aliphatic heterocycles. The zero-order valence-corrected chi connectivity index (χ0v) is 8.02. The van der Waals surface area contributed by atoms with Crippen LogP contribution in [0.15, 0.2) is 12.3 Å². The molecule has 66 valence electrons. The van der Waals surface area contributed by atoms with Crippen molar-refractivity contribution in [2.45, 2.75) is 27.3 Å². The van der Waals surface area contributed by atoms with Crippen LogP contribution in [0.4, 0.5) is 0 Å². The Morgan fingerprint density at radius 3 is 2.83 bits per heavy atom. The summed E-state index contributed by atoms with van der Waals surface area (Å²) < 4.78 is 0. The van der Waals surface area contributed by atoms with Gasteiger partial charge in [0.25, 0.3) is 0 Å². The van der Waals surface area contributed by atoms with Gasteiger partial charge in [-0.3, -0.25) is 4.98 Å². The molecule has 2 heteroatoms. The van der Waals surface area contributed by atoms with Crippen LogP contribution in [0.5, 0.6) is 0 Å². The van der Waals surface area contributed by atoms with E-state index in [0.29, 0.717) is 0 Å². The van der Waals surface area contributed by atoms with Crippen molar-refractivity contribution in [1.82, 2.24) is 10.3 Å². The second kappa shape index (κ2) is 4.21. The van der Waals surface area contributed by atoms with Crippen LogP contribution in [0, 0.1) is 13.8 Å². The predicted molar refractivity (Wildman–Crippen MR) is 51.1 cm³/mol. The molecule has 0 amide bonds. The van der Waals surface area contributed by atoms with Gasteiger partial charge in [0.15, 0.2) is 0 Å². The van der Waals surface area contributed by atoms with Crippen LogP contribution in [0.3, 0.4) is 0 Å². The molecule has 1 rings (SSSR count). The fraction of sp³-hybridized carbons (Fsp3) is 0.500. The lowest BCUT2D eigenvalue weighted by Crippen LogP contribution is -2.13. The zero-order valence-electron chi connectivity index (χ0n) is 8.02. The third kappa shape index (κ3) is 2.05. The van der Waals surface area contributed by atoms with E-state index in [1.54, 1.807) is 0 Å². The summed E-state index contributed by atoms with van der Waals surface area (Å²) in [4.78, 5) is 4.22. The molecule has 1 N–H and O–H groups in total. The highest BCUT2D eigenvalue weighted by molar-refractivity contribution is 5.27. The summed E-state index contributed by atoms with van der Waals surface area (Å²) in [5, 5.41) is 3.30. The van der Waals surface area contributed by atoms with Gasteiger partial charge in [0.2, 0.25) is 0 Å². The Hall–Kier alpha value is -0.890. The van der Waals surface area contributed by atoms with Crippen molar-refractivity contribution in [3.63, 3.8) is 0 Å². The standard InChI is InChI=1S/C10H16N2/c1-4-11-7-10-5-6-12-9(3)8(10)2/h5-6,11H,4,7H2,1-3H3. The Balaban J connectivity index is 2.78. The number of pyridine rings is 1. The predicted octanol–water partition coefficient (Wildman–Crippen LogP) is 1.81. The molecule has 0 bridgehead atoms. The Morgan fingerprint density at radius 2 is 2.17 bits per heavy atom. The molecule has 0 aliphatic rings. The number of nitrogens with zero attached hydrogens (tertiary/aromatic N) is 1. The second-order valence-electron chi connectivity index (χ2n) is 2.96. The normalized spacial score (nSPS) is 10.2. The molecule has 0 saturated heterocycles. The summed E-state index contributed by atoms with van der Waals surface area (Å²) in [6.07, 6.45) is 1.87. The topological polar surface area (TPSA) is 24.9 Å². The number of rotatable bonds is 3. The first-order chi connectivity index (χ1) is 5.75. The van der Waals surface area contributed by atoms with Crippen molar-refractivity contribution in [1.29, 1.82) is 0 Å². The maximum Gasteiger partial charge on any atom is 0.0405 e. The fourth-order valence-corrected chi connectivity index (χ4v) is 1.14. The minimum Gasteiger partial charge on any atom is -0.313 e.